The fourth-order valence-corrected chi connectivity index (χ4v) is 6.38. The Bertz CT molecular complexity index is 442. The van der Waals surface area contributed by atoms with Crippen molar-refractivity contribution >= 4 is 9.84 Å². The Labute approximate surface area is 131 Å². The quantitative estimate of drug-likeness (QED) is 0.866. The van der Waals surface area contributed by atoms with Gasteiger partial charge in [0.25, 0.3) is 0 Å². The first kappa shape index (κ1) is 17.3. The minimum Gasteiger partial charge on any atom is -0.316 e. The van der Waals surface area contributed by atoms with Crippen molar-refractivity contribution in [3.05, 3.63) is 0 Å². The Morgan fingerprint density at radius 2 is 1.76 bits per heavy atom. The molecule has 1 saturated heterocycles. The van der Waals surface area contributed by atoms with Crippen LogP contribution in [0.15, 0.2) is 0 Å². The van der Waals surface area contributed by atoms with E-state index >= 15 is 0 Å². The van der Waals surface area contributed by atoms with Gasteiger partial charge in [0.15, 0.2) is 9.84 Å². The van der Waals surface area contributed by atoms with Crippen molar-refractivity contribution in [3.8, 4) is 0 Å². The summed E-state index contributed by atoms with van der Waals surface area (Å²) in [6.45, 7) is 11.1. The van der Waals surface area contributed by atoms with Gasteiger partial charge >= 0.3 is 0 Å². The number of sulfone groups is 1. The summed E-state index contributed by atoms with van der Waals surface area (Å²) in [5, 5.41) is 3.52. The molecule has 1 saturated carbocycles. The second-order valence-electron chi connectivity index (χ2n) is 8.38. The van der Waals surface area contributed by atoms with Gasteiger partial charge in [-0.1, -0.05) is 27.7 Å². The highest BCUT2D eigenvalue weighted by Gasteiger charge is 2.47. The van der Waals surface area contributed by atoms with Gasteiger partial charge in [-0.3, -0.25) is 0 Å². The predicted molar refractivity (Wildman–Crippen MR) is 89.2 cm³/mol. The van der Waals surface area contributed by atoms with Gasteiger partial charge < -0.3 is 5.32 Å². The topological polar surface area (TPSA) is 46.2 Å². The maximum atomic E-state index is 11.9. The fraction of sp³-hybridized carbons (Fsp3) is 1.00. The monoisotopic (exact) mass is 315 g/mol. The van der Waals surface area contributed by atoms with E-state index in [1.54, 1.807) is 0 Å². The van der Waals surface area contributed by atoms with Crippen LogP contribution < -0.4 is 5.32 Å². The van der Waals surface area contributed by atoms with Crippen molar-refractivity contribution in [1.29, 1.82) is 0 Å². The van der Waals surface area contributed by atoms with E-state index in [1.807, 2.05) is 0 Å². The van der Waals surface area contributed by atoms with Gasteiger partial charge in [-0.15, -0.1) is 0 Å². The molecule has 0 amide bonds. The lowest BCUT2D eigenvalue weighted by molar-refractivity contribution is 0.0477. The van der Waals surface area contributed by atoms with E-state index in [-0.39, 0.29) is 5.41 Å². The zero-order valence-electron chi connectivity index (χ0n) is 14.2. The minimum atomic E-state index is -2.78. The molecule has 2 rings (SSSR count). The van der Waals surface area contributed by atoms with E-state index < -0.39 is 9.84 Å². The van der Waals surface area contributed by atoms with Crippen LogP contribution in [0.2, 0.25) is 0 Å². The highest BCUT2D eigenvalue weighted by molar-refractivity contribution is 7.91. The van der Waals surface area contributed by atoms with E-state index in [4.69, 9.17) is 0 Å². The van der Waals surface area contributed by atoms with Crippen LogP contribution in [0.5, 0.6) is 0 Å². The molecule has 1 N–H and O–H groups in total. The van der Waals surface area contributed by atoms with E-state index in [0.717, 1.165) is 25.4 Å². The molecule has 0 radical (unpaired) electrons. The molecule has 0 spiro atoms. The lowest BCUT2D eigenvalue weighted by Gasteiger charge is -2.47. The van der Waals surface area contributed by atoms with Crippen molar-refractivity contribution in [2.75, 3.05) is 24.6 Å². The summed E-state index contributed by atoms with van der Waals surface area (Å²) in [6.07, 6.45) is 5.79. The summed E-state index contributed by atoms with van der Waals surface area (Å²) in [6, 6.07) is 0. The number of hydrogen-bond donors (Lipinski definition) is 1. The lowest BCUT2D eigenvalue weighted by Crippen LogP contribution is -2.45. The molecular weight excluding hydrogens is 282 g/mol. The second-order valence-corrected chi connectivity index (χ2v) is 10.6. The van der Waals surface area contributed by atoms with Gasteiger partial charge in [0.05, 0.1) is 11.5 Å². The van der Waals surface area contributed by atoms with Crippen LogP contribution in [0.25, 0.3) is 0 Å². The van der Waals surface area contributed by atoms with Gasteiger partial charge in [-0.25, -0.2) is 8.42 Å². The van der Waals surface area contributed by atoms with Crippen LogP contribution >= 0.6 is 0 Å². The third kappa shape index (κ3) is 4.01. The van der Waals surface area contributed by atoms with Crippen molar-refractivity contribution in [2.45, 2.75) is 59.8 Å². The fourth-order valence-electron chi connectivity index (χ4n) is 4.44. The molecule has 21 heavy (non-hydrogen) atoms. The number of hydrogen-bond acceptors (Lipinski definition) is 3. The SMILES string of the molecule is CCNCC1(C2CCS(=O)(=O)C2)CCC(C(C)(C)C)CC1. The molecule has 1 heterocycles. The van der Waals surface area contributed by atoms with E-state index in [9.17, 15) is 8.42 Å². The average Bonchev–Trinajstić information content (AvgIpc) is 2.77. The van der Waals surface area contributed by atoms with Gasteiger partial charge in [0.2, 0.25) is 0 Å². The van der Waals surface area contributed by atoms with Crippen LogP contribution in [0.1, 0.15) is 59.8 Å². The molecule has 0 aromatic carbocycles. The van der Waals surface area contributed by atoms with Crippen molar-refractivity contribution in [2.24, 2.45) is 22.7 Å². The molecule has 0 aromatic heterocycles. The Balaban J connectivity index is 2.10. The second kappa shape index (κ2) is 6.19. The van der Waals surface area contributed by atoms with Gasteiger partial charge in [-0.2, -0.15) is 0 Å². The first-order valence-corrected chi connectivity index (χ1v) is 10.4. The zero-order valence-corrected chi connectivity index (χ0v) is 15.1. The Morgan fingerprint density at radius 3 is 2.19 bits per heavy atom. The normalized spacial score (nSPS) is 36.8. The molecule has 1 atom stereocenters. The van der Waals surface area contributed by atoms with E-state index in [1.165, 1.54) is 25.7 Å². The van der Waals surface area contributed by atoms with Gasteiger partial charge in [0, 0.05) is 6.54 Å². The molecule has 124 valence electrons. The number of nitrogens with one attached hydrogen (secondary N) is 1. The van der Waals surface area contributed by atoms with Crippen molar-refractivity contribution < 1.29 is 8.42 Å². The van der Waals surface area contributed by atoms with Gasteiger partial charge in [0.1, 0.15) is 0 Å². The van der Waals surface area contributed by atoms with Crippen LogP contribution in [-0.4, -0.2) is 33.0 Å². The molecule has 1 aliphatic carbocycles. The Morgan fingerprint density at radius 1 is 1.14 bits per heavy atom. The number of rotatable bonds is 4. The van der Waals surface area contributed by atoms with Crippen LogP contribution in [-0.2, 0) is 9.84 Å². The summed E-state index contributed by atoms with van der Waals surface area (Å²) < 4.78 is 23.8. The first-order chi connectivity index (χ1) is 9.69. The lowest BCUT2D eigenvalue weighted by atomic mass is 9.59. The summed E-state index contributed by atoms with van der Waals surface area (Å²) in [5.74, 6) is 2.00. The summed E-state index contributed by atoms with van der Waals surface area (Å²) in [4.78, 5) is 0. The van der Waals surface area contributed by atoms with Crippen LogP contribution in [0.3, 0.4) is 0 Å². The molecule has 3 nitrogen and oxygen atoms in total. The summed E-state index contributed by atoms with van der Waals surface area (Å²) in [5.41, 5.74) is 0.605. The van der Waals surface area contributed by atoms with Crippen molar-refractivity contribution in [3.63, 3.8) is 0 Å². The predicted octanol–water partition coefficient (Wildman–Crippen LogP) is 3.25. The van der Waals surface area contributed by atoms with Crippen LogP contribution in [0.4, 0.5) is 0 Å². The third-order valence-corrected chi connectivity index (χ3v) is 7.80. The molecule has 2 fully saturated rings. The molecule has 0 aromatic rings. The van der Waals surface area contributed by atoms with Crippen molar-refractivity contribution in [1.82, 2.24) is 5.32 Å². The van der Waals surface area contributed by atoms with Gasteiger partial charge in [-0.05, 0) is 61.3 Å². The third-order valence-electron chi connectivity index (χ3n) is 6.03. The summed E-state index contributed by atoms with van der Waals surface area (Å²) in [7, 11) is -2.78. The molecule has 4 heteroatoms. The largest absolute Gasteiger partial charge is 0.316 e. The highest BCUT2D eigenvalue weighted by atomic mass is 32.2. The smallest absolute Gasteiger partial charge is 0.150 e. The molecule has 0 bridgehead atoms. The maximum Gasteiger partial charge on any atom is 0.150 e. The molecule has 2 aliphatic rings. The minimum absolute atomic E-state index is 0.224. The highest BCUT2D eigenvalue weighted by Crippen LogP contribution is 2.51. The summed E-state index contributed by atoms with van der Waals surface area (Å²) >= 11 is 0. The van der Waals surface area contributed by atoms with Crippen LogP contribution in [0, 0.1) is 22.7 Å². The first-order valence-electron chi connectivity index (χ1n) is 8.60. The van der Waals surface area contributed by atoms with E-state index in [2.05, 4.69) is 33.0 Å². The average molecular weight is 316 g/mol. The Kier molecular flexibility index (Phi) is 5.09. The van der Waals surface area contributed by atoms with E-state index in [0.29, 0.717) is 22.8 Å². The maximum absolute atomic E-state index is 11.9. The Hall–Kier alpha value is -0.0900. The zero-order chi connectivity index (χ0) is 15.7. The standard InChI is InChI=1S/C17H33NO2S/c1-5-18-13-17(15-8-11-21(19,20)12-15)9-6-14(7-10-17)16(2,3)4/h14-15,18H,5-13H2,1-4H3. The molecule has 1 unspecified atom stereocenters. The molecule has 1 aliphatic heterocycles. The molecular formula is C17H33NO2S.